The van der Waals surface area contributed by atoms with Crippen LogP contribution in [-0.4, -0.2) is 99.2 Å². The summed E-state index contributed by atoms with van der Waals surface area (Å²) in [6.07, 6.45) is -9.13. The maximum atomic E-state index is 13.3. The van der Waals surface area contributed by atoms with E-state index in [1.807, 2.05) is 0 Å². The summed E-state index contributed by atoms with van der Waals surface area (Å²) in [6.45, 7) is -0.665. The quantitative estimate of drug-likeness (QED) is 0.272. The van der Waals surface area contributed by atoms with Gasteiger partial charge in [0, 0.05) is 12.3 Å². The molecule has 4 bridgehead atoms. The van der Waals surface area contributed by atoms with Crippen molar-refractivity contribution in [2.45, 2.75) is 61.4 Å². The van der Waals surface area contributed by atoms with Gasteiger partial charge in [-0.25, -0.2) is 4.79 Å². The second-order valence-corrected chi connectivity index (χ2v) is 10.7. The number of hydrogen-bond donors (Lipinski definition) is 5. The van der Waals surface area contributed by atoms with Gasteiger partial charge in [-0.15, -0.1) is 0 Å². The molecule has 5 aliphatic rings. The molecule has 214 valence electrons. The molecule has 3 saturated carbocycles. The van der Waals surface area contributed by atoms with Crippen molar-refractivity contribution in [3.63, 3.8) is 0 Å². The molecule has 5 N–H and O–H groups in total. The highest BCUT2D eigenvalue weighted by Gasteiger charge is 2.84. The first kappa shape index (κ1) is 26.9. The van der Waals surface area contributed by atoms with Gasteiger partial charge in [-0.1, -0.05) is 18.2 Å². The van der Waals surface area contributed by atoms with Crippen molar-refractivity contribution in [3.05, 3.63) is 60.2 Å². The maximum Gasteiger partial charge on any atom is 0.338 e. The lowest BCUT2D eigenvalue weighted by Gasteiger charge is -2.63. The minimum absolute atomic E-state index is 0.0405. The standard InChI is InChI=1S/C28H30O12/c29-15-6-8-16(9-7-15)36-12-19-21(31)22(32)23(33)25(38-19)40-28-11-17-18(30)10-20(28)39-26(35)27(17,28)13-37-24(34)14-4-2-1-3-5-14/h1-9,17-23,25,29-33H,10-13H2. The fourth-order valence-electron chi connectivity index (χ4n) is 6.46. The molecule has 2 aliphatic heterocycles. The molecule has 0 amide bonds. The van der Waals surface area contributed by atoms with Gasteiger partial charge >= 0.3 is 11.9 Å². The topological polar surface area (TPSA) is 181 Å². The van der Waals surface area contributed by atoms with Crippen molar-refractivity contribution < 1.29 is 58.8 Å². The number of carbonyl (C=O) groups excluding carboxylic acids is 2. The summed E-state index contributed by atoms with van der Waals surface area (Å²) < 4.78 is 28.9. The molecule has 12 nitrogen and oxygen atoms in total. The van der Waals surface area contributed by atoms with Gasteiger partial charge in [-0.3, -0.25) is 4.79 Å². The van der Waals surface area contributed by atoms with E-state index in [1.54, 1.807) is 30.3 Å². The Hall–Kier alpha value is -3.26. The average molecular weight is 559 g/mol. The summed E-state index contributed by atoms with van der Waals surface area (Å²) >= 11 is 0. The Bertz CT molecular complexity index is 1250. The molecule has 0 aromatic heterocycles. The molecule has 2 saturated heterocycles. The Balaban J connectivity index is 1.22. The van der Waals surface area contributed by atoms with Gasteiger partial charge in [0.2, 0.25) is 0 Å². The Labute approximate surface area is 228 Å². The van der Waals surface area contributed by atoms with E-state index in [0.29, 0.717) is 5.75 Å². The van der Waals surface area contributed by atoms with Crippen LogP contribution in [0.5, 0.6) is 11.5 Å². The van der Waals surface area contributed by atoms with Gasteiger partial charge in [0.15, 0.2) is 6.29 Å². The summed E-state index contributed by atoms with van der Waals surface area (Å²) in [5.74, 6) is -1.58. The van der Waals surface area contributed by atoms with Crippen molar-refractivity contribution in [1.82, 2.24) is 0 Å². The predicted octanol–water partition coefficient (Wildman–Crippen LogP) is -0.113. The Morgan fingerprint density at radius 2 is 1.70 bits per heavy atom. The summed E-state index contributed by atoms with van der Waals surface area (Å²) in [6, 6.07) is 14.1. The summed E-state index contributed by atoms with van der Waals surface area (Å²) in [7, 11) is 0. The number of aliphatic hydroxyl groups is 4. The largest absolute Gasteiger partial charge is 0.508 e. The molecule has 0 spiro atoms. The molecule has 40 heavy (non-hydrogen) atoms. The second kappa shape index (κ2) is 9.98. The van der Waals surface area contributed by atoms with Crippen molar-refractivity contribution in [3.8, 4) is 11.5 Å². The van der Waals surface area contributed by atoms with Crippen LogP contribution in [0.25, 0.3) is 0 Å². The number of aromatic hydroxyl groups is 1. The van der Waals surface area contributed by atoms with Crippen LogP contribution in [0.2, 0.25) is 0 Å². The summed E-state index contributed by atoms with van der Waals surface area (Å²) in [5, 5.41) is 52.1. The Morgan fingerprint density at radius 3 is 2.42 bits per heavy atom. The molecule has 10 atom stereocenters. The first-order chi connectivity index (χ1) is 19.2. The SMILES string of the molecule is O=C(OCC12C(=O)OC3CC(O)C1CC32OC1OC(COc2ccc(O)cc2)C(O)C(O)C1O)c1ccccc1. The van der Waals surface area contributed by atoms with Gasteiger partial charge in [0.25, 0.3) is 0 Å². The lowest BCUT2D eigenvalue weighted by atomic mass is 9.44. The number of esters is 2. The van der Waals surface area contributed by atoms with Crippen molar-refractivity contribution >= 4 is 11.9 Å². The molecular weight excluding hydrogens is 528 g/mol. The Morgan fingerprint density at radius 1 is 0.975 bits per heavy atom. The molecule has 3 aliphatic carbocycles. The molecule has 2 heterocycles. The number of phenols is 1. The Kier molecular flexibility index (Phi) is 6.72. The molecule has 0 radical (unpaired) electrons. The number of carbonyl (C=O) groups is 2. The van der Waals surface area contributed by atoms with E-state index in [0.717, 1.165) is 0 Å². The van der Waals surface area contributed by atoms with E-state index in [-0.39, 0.29) is 30.8 Å². The number of fused-ring (bicyclic) bond motifs is 1. The molecular formula is C28H30O12. The van der Waals surface area contributed by atoms with Crippen LogP contribution in [0.3, 0.4) is 0 Å². The minimum Gasteiger partial charge on any atom is -0.508 e. The lowest BCUT2D eigenvalue weighted by molar-refractivity contribution is -0.380. The molecule has 7 rings (SSSR count). The van der Waals surface area contributed by atoms with Gasteiger partial charge in [-0.2, -0.15) is 0 Å². The first-order valence-corrected chi connectivity index (χ1v) is 13.1. The van der Waals surface area contributed by atoms with Crippen molar-refractivity contribution in [1.29, 1.82) is 0 Å². The number of aliphatic hydroxyl groups excluding tert-OH is 4. The van der Waals surface area contributed by atoms with Crippen LogP contribution in [0, 0.1) is 11.3 Å². The van der Waals surface area contributed by atoms with E-state index in [9.17, 15) is 35.1 Å². The third kappa shape index (κ3) is 4.06. The molecule has 2 aromatic carbocycles. The van der Waals surface area contributed by atoms with Gasteiger partial charge in [0.05, 0.1) is 11.7 Å². The zero-order chi connectivity index (χ0) is 28.2. The van der Waals surface area contributed by atoms with Crippen molar-refractivity contribution in [2.24, 2.45) is 11.3 Å². The molecule has 5 fully saturated rings. The van der Waals surface area contributed by atoms with E-state index in [1.165, 1.54) is 24.3 Å². The highest BCUT2D eigenvalue weighted by atomic mass is 16.7. The van der Waals surface area contributed by atoms with Crippen molar-refractivity contribution in [2.75, 3.05) is 13.2 Å². The number of rotatable bonds is 8. The fourth-order valence-corrected chi connectivity index (χ4v) is 6.46. The number of hydrogen-bond acceptors (Lipinski definition) is 12. The smallest absolute Gasteiger partial charge is 0.338 e. The van der Waals surface area contributed by atoms with E-state index >= 15 is 0 Å². The fraction of sp³-hybridized carbons (Fsp3) is 0.500. The van der Waals surface area contributed by atoms with Gasteiger partial charge in [0.1, 0.15) is 66.2 Å². The van der Waals surface area contributed by atoms with E-state index < -0.39 is 78.4 Å². The number of phenolic OH excluding ortho intramolecular Hbond substituents is 1. The maximum absolute atomic E-state index is 13.3. The average Bonchev–Trinajstić information content (AvgIpc) is 3.04. The number of ether oxygens (including phenoxy) is 5. The lowest BCUT2D eigenvalue weighted by Crippen LogP contribution is -2.77. The van der Waals surface area contributed by atoms with Gasteiger partial charge < -0.3 is 49.2 Å². The highest BCUT2D eigenvalue weighted by Crippen LogP contribution is 2.69. The van der Waals surface area contributed by atoms with E-state index in [2.05, 4.69) is 0 Å². The zero-order valence-corrected chi connectivity index (χ0v) is 21.2. The third-order valence-electron chi connectivity index (χ3n) is 8.65. The van der Waals surface area contributed by atoms with Crippen LogP contribution < -0.4 is 4.74 Å². The minimum atomic E-state index is -1.70. The molecule has 12 heteroatoms. The summed E-state index contributed by atoms with van der Waals surface area (Å²) in [5.41, 5.74) is -2.69. The highest BCUT2D eigenvalue weighted by molar-refractivity contribution is 5.90. The summed E-state index contributed by atoms with van der Waals surface area (Å²) in [4.78, 5) is 26.0. The normalized spacial score (nSPS) is 39.6. The van der Waals surface area contributed by atoms with Gasteiger partial charge in [-0.05, 0) is 42.8 Å². The van der Waals surface area contributed by atoms with Crippen LogP contribution in [0.4, 0.5) is 0 Å². The molecule has 2 aromatic rings. The van der Waals surface area contributed by atoms with Crippen LogP contribution >= 0.6 is 0 Å². The monoisotopic (exact) mass is 558 g/mol. The van der Waals surface area contributed by atoms with Crippen LogP contribution in [-0.2, 0) is 23.7 Å². The van der Waals surface area contributed by atoms with E-state index in [4.69, 9.17) is 23.7 Å². The number of benzene rings is 2. The van der Waals surface area contributed by atoms with Crippen LogP contribution in [0.15, 0.2) is 54.6 Å². The first-order valence-electron chi connectivity index (χ1n) is 13.1. The molecule has 10 unspecified atom stereocenters. The zero-order valence-electron chi connectivity index (χ0n) is 21.2. The predicted molar refractivity (Wildman–Crippen MR) is 132 cm³/mol. The van der Waals surface area contributed by atoms with Crippen LogP contribution in [0.1, 0.15) is 23.2 Å². The second-order valence-electron chi connectivity index (χ2n) is 10.7. The third-order valence-corrected chi connectivity index (χ3v) is 8.65.